The van der Waals surface area contributed by atoms with Crippen LogP contribution in [-0.4, -0.2) is 26.8 Å². The molecule has 1 saturated heterocycles. The molecule has 0 radical (unpaired) electrons. The fraction of sp³-hybridized carbons (Fsp3) is 0.240. The molecule has 152 valence electrons. The summed E-state index contributed by atoms with van der Waals surface area (Å²) in [6.45, 7) is 0.615. The van der Waals surface area contributed by atoms with Crippen LogP contribution < -0.4 is 5.32 Å². The van der Waals surface area contributed by atoms with E-state index in [1.807, 2.05) is 18.2 Å². The summed E-state index contributed by atoms with van der Waals surface area (Å²) in [7, 11) is 0. The first-order chi connectivity index (χ1) is 15.3. The summed E-state index contributed by atoms with van der Waals surface area (Å²) >= 11 is 0. The molecule has 6 heteroatoms. The zero-order chi connectivity index (χ0) is 20.4. The van der Waals surface area contributed by atoms with Gasteiger partial charge in [0.05, 0.1) is 34.2 Å². The van der Waals surface area contributed by atoms with Crippen LogP contribution in [0.4, 0.5) is 0 Å². The Bertz CT molecular complexity index is 1630. The summed E-state index contributed by atoms with van der Waals surface area (Å²) in [5.74, 6) is 0.0153. The molecule has 2 bridgehead atoms. The highest BCUT2D eigenvalue weighted by Crippen LogP contribution is 2.53. The van der Waals surface area contributed by atoms with Crippen LogP contribution in [0.1, 0.15) is 34.8 Å². The van der Waals surface area contributed by atoms with Crippen molar-refractivity contribution in [2.75, 3.05) is 6.61 Å². The first kappa shape index (κ1) is 16.4. The molecule has 3 aliphatic heterocycles. The van der Waals surface area contributed by atoms with E-state index in [1.165, 1.54) is 0 Å². The number of hydrogen-bond donors (Lipinski definition) is 2. The third kappa shape index (κ3) is 1.70. The molecule has 0 saturated carbocycles. The molecule has 3 atom stereocenters. The Morgan fingerprint density at radius 2 is 1.65 bits per heavy atom. The number of aliphatic hydroxyl groups excluding tert-OH is 1. The Morgan fingerprint density at radius 3 is 2.42 bits per heavy atom. The third-order valence-corrected chi connectivity index (χ3v) is 7.53. The fourth-order valence-corrected chi connectivity index (χ4v) is 6.38. The molecular weight excluding hydrogens is 390 g/mol. The predicted molar refractivity (Wildman–Crippen MR) is 118 cm³/mol. The van der Waals surface area contributed by atoms with Gasteiger partial charge in [-0.15, -0.1) is 0 Å². The molecule has 5 aromatic rings. The first-order valence-electron chi connectivity index (χ1n) is 10.8. The van der Waals surface area contributed by atoms with Gasteiger partial charge in [0.2, 0.25) is 0 Å². The van der Waals surface area contributed by atoms with Gasteiger partial charge >= 0.3 is 0 Å². The fourth-order valence-electron chi connectivity index (χ4n) is 6.38. The number of aliphatic hydroxyl groups is 1. The Morgan fingerprint density at radius 1 is 0.968 bits per heavy atom. The lowest BCUT2D eigenvalue weighted by Gasteiger charge is -2.20. The average molecular weight is 409 g/mol. The van der Waals surface area contributed by atoms with E-state index in [-0.39, 0.29) is 30.9 Å². The van der Waals surface area contributed by atoms with Gasteiger partial charge in [-0.05, 0) is 17.7 Å². The minimum absolute atomic E-state index is 0.000179. The second-order valence-corrected chi connectivity index (χ2v) is 8.92. The minimum Gasteiger partial charge on any atom is -0.396 e. The van der Waals surface area contributed by atoms with Crippen LogP contribution >= 0.6 is 0 Å². The largest absolute Gasteiger partial charge is 0.396 e. The summed E-state index contributed by atoms with van der Waals surface area (Å²) in [5, 5.41) is 17.7. The maximum absolute atomic E-state index is 13.1. The first-order valence-corrected chi connectivity index (χ1v) is 10.8. The van der Waals surface area contributed by atoms with Crippen LogP contribution in [0.25, 0.3) is 43.6 Å². The normalized spacial score (nSPS) is 24.0. The number of carbonyl (C=O) groups is 1. The number of ether oxygens (including phenoxy) is 1. The van der Waals surface area contributed by atoms with E-state index in [0.29, 0.717) is 6.54 Å². The van der Waals surface area contributed by atoms with Gasteiger partial charge in [-0.3, -0.25) is 4.79 Å². The number of para-hydroxylation sites is 2. The van der Waals surface area contributed by atoms with Crippen LogP contribution in [0.5, 0.6) is 0 Å². The smallest absolute Gasteiger partial charge is 0.252 e. The Balaban J connectivity index is 1.76. The molecule has 0 aliphatic carbocycles. The van der Waals surface area contributed by atoms with Crippen LogP contribution in [0.15, 0.2) is 48.5 Å². The zero-order valence-electron chi connectivity index (χ0n) is 16.6. The summed E-state index contributed by atoms with van der Waals surface area (Å²) < 4.78 is 11.2. The minimum atomic E-state index is -0.234. The van der Waals surface area contributed by atoms with E-state index in [0.717, 1.165) is 61.2 Å². The molecule has 1 fully saturated rings. The van der Waals surface area contributed by atoms with Gasteiger partial charge in [-0.2, -0.15) is 0 Å². The zero-order valence-corrected chi connectivity index (χ0v) is 16.6. The van der Waals surface area contributed by atoms with Crippen molar-refractivity contribution in [2.45, 2.75) is 25.4 Å². The van der Waals surface area contributed by atoms with Crippen LogP contribution in [-0.2, 0) is 11.3 Å². The number of rotatable bonds is 1. The Kier molecular flexibility index (Phi) is 2.78. The van der Waals surface area contributed by atoms with Gasteiger partial charge in [0.1, 0.15) is 12.5 Å². The van der Waals surface area contributed by atoms with Crippen molar-refractivity contribution >= 4 is 49.5 Å². The highest BCUT2D eigenvalue weighted by Gasteiger charge is 2.44. The molecule has 2 N–H and O–H groups in total. The van der Waals surface area contributed by atoms with E-state index < -0.39 is 0 Å². The van der Waals surface area contributed by atoms with Crippen molar-refractivity contribution in [1.29, 1.82) is 0 Å². The summed E-state index contributed by atoms with van der Waals surface area (Å²) in [6, 6.07) is 16.7. The van der Waals surface area contributed by atoms with Crippen LogP contribution in [0, 0.1) is 5.92 Å². The quantitative estimate of drug-likeness (QED) is 0.436. The van der Waals surface area contributed by atoms with E-state index in [2.05, 4.69) is 44.8 Å². The third-order valence-electron chi connectivity index (χ3n) is 7.53. The van der Waals surface area contributed by atoms with E-state index in [1.54, 1.807) is 0 Å². The van der Waals surface area contributed by atoms with Crippen molar-refractivity contribution in [1.82, 2.24) is 14.5 Å². The molecule has 8 rings (SSSR count). The molecular formula is C25H19N3O3. The maximum Gasteiger partial charge on any atom is 0.252 e. The number of nitrogens with zero attached hydrogens (tertiary/aromatic N) is 2. The lowest BCUT2D eigenvalue weighted by Crippen LogP contribution is -2.18. The Labute approximate surface area is 176 Å². The molecule has 3 aliphatic rings. The summed E-state index contributed by atoms with van der Waals surface area (Å²) in [4.78, 5) is 13.1. The second kappa shape index (κ2) is 5.28. The highest BCUT2D eigenvalue weighted by molar-refractivity contribution is 6.30. The number of benzene rings is 3. The topological polar surface area (TPSA) is 68.4 Å². The van der Waals surface area contributed by atoms with Crippen molar-refractivity contribution < 1.29 is 14.6 Å². The average Bonchev–Trinajstić information content (AvgIpc) is 3.51. The number of hydrogen-bond acceptors (Lipinski definition) is 3. The number of amides is 1. The molecule has 3 unspecified atom stereocenters. The van der Waals surface area contributed by atoms with Gasteiger partial charge in [-0.1, -0.05) is 36.4 Å². The van der Waals surface area contributed by atoms with Gasteiger partial charge < -0.3 is 24.3 Å². The molecule has 2 aromatic heterocycles. The highest BCUT2D eigenvalue weighted by atomic mass is 16.5. The van der Waals surface area contributed by atoms with Gasteiger partial charge in [0.25, 0.3) is 5.91 Å². The van der Waals surface area contributed by atoms with E-state index in [4.69, 9.17) is 4.74 Å². The van der Waals surface area contributed by atoms with Crippen molar-refractivity contribution in [3.8, 4) is 0 Å². The Hall–Kier alpha value is -3.35. The summed E-state index contributed by atoms with van der Waals surface area (Å²) in [6.07, 6.45) is 0.336. The predicted octanol–water partition coefficient (Wildman–Crippen LogP) is 4.19. The van der Waals surface area contributed by atoms with Crippen LogP contribution in [0.2, 0.25) is 0 Å². The number of aromatic nitrogens is 2. The maximum atomic E-state index is 13.1. The molecule has 31 heavy (non-hydrogen) atoms. The number of nitrogens with one attached hydrogen (secondary N) is 1. The second-order valence-electron chi connectivity index (χ2n) is 8.92. The molecule has 6 nitrogen and oxygen atoms in total. The SMILES string of the molecule is O=C1NCc2c1c1c3ccccc3n3c1c1c2c2ccccc2n1C1OC3CC1CO. The molecule has 3 aromatic carbocycles. The lowest BCUT2D eigenvalue weighted by molar-refractivity contribution is -0.0385. The standard InChI is InChI=1S/C25H19N3O3/c29-11-12-9-18-27-16-7-3-2-6-14(16)20-21-15(10-26-24(21)30)19-13-5-1-4-8-17(13)28(25(12)31-18)22(19)23(20)27/h1-8,12,18,25,29H,9-11H2,(H,26,30). The van der Waals surface area contributed by atoms with E-state index >= 15 is 0 Å². The van der Waals surface area contributed by atoms with Gasteiger partial charge in [-0.25, -0.2) is 0 Å². The summed E-state index contributed by atoms with van der Waals surface area (Å²) in [5.41, 5.74) is 6.24. The van der Waals surface area contributed by atoms with Crippen molar-refractivity contribution in [2.24, 2.45) is 5.92 Å². The lowest BCUT2D eigenvalue weighted by atomic mass is 9.96. The van der Waals surface area contributed by atoms with Gasteiger partial charge in [0.15, 0.2) is 0 Å². The molecule has 1 amide bonds. The molecule has 5 heterocycles. The number of carbonyl (C=O) groups excluding carboxylic acids is 1. The van der Waals surface area contributed by atoms with Crippen LogP contribution in [0.3, 0.4) is 0 Å². The van der Waals surface area contributed by atoms with Gasteiger partial charge in [0, 0.05) is 40.4 Å². The van der Waals surface area contributed by atoms with E-state index in [9.17, 15) is 9.90 Å². The van der Waals surface area contributed by atoms with Crippen molar-refractivity contribution in [3.05, 3.63) is 59.7 Å². The molecule has 0 spiro atoms. The van der Waals surface area contributed by atoms with Crippen molar-refractivity contribution in [3.63, 3.8) is 0 Å². The monoisotopic (exact) mass is 409 g/mol. The number of fused-ring (bicyclic) bond motifs is 13.